The first-order valence-electron chi connectivity index (χ1n) is 10.1. The fourth-order valence-electron chi connectivity index (χ4n) is 5.10. The maximum Gasteiger partial charge on any atom is 0.157 e. The molecule has 2 unspecified atom stereocenters. The smallest absolute Gasteiger partial charge is 0.157 e. The van der Waals surface area contributed by atoms with Crippen molar-refractivity contribution in [3.05, 3.63) is 34.3 Å². The second kappa shape index (κ2) is 7.45. The number of nitrogens with one attached hydrogen (secondary N) is 1. The fourth-order valence-corrected chi connectivity index (χ4v) is 6.86. The van der Waals surface area contributed by atoms with Crippen LogP contribution in [0.25, 0.3) is 0 Å². The van der Waals surface area contributed by atoms with E-state index in [9.17, 15) is 0 Å². The maximum atomic E-state index is 6.59. The number of nitrogens with zero attached hydrogens (tertiary/aromatic N) is 2. The molecule has 0 amide bonds. The van der Waals surface area contributed by atoms with E-state index in [1.54, 1.807) is 18.9 Å². The Balaban J connectivity index is 1.43. The lowest BCUT2D eigenvalue weighted by molar-refractivity contribution is 0.129. The van der Waals surface area contributed by atoms with Crippen molar-refractivity contribution in [2.75, 3.05) is 30.4 Å². The predicted molar refractivity (Wildman–Crippen MR) is 123 cm³/mol. The normalized spacial score (nSPS) is 23.0. The lowest BCUT2D eigenvalue weighted by Gasteiger charge is -2.44. The lowest BCUT2D eigenvalue weighted by Crippen LogP contribution is -2.56. The third-order valence-corrected chi connectivity index (χ3v) is 8.22. The van der Waals surface area contributed by atoms with E-state index >= 15 is 0 Å². The van der Waals surface area contributed by atoms with E-state index in [4.69, 9.17) is 27.9 Å². The average Bonchev–Trinajstić information content (AvgIpc) is 2.97. The molecule has 2 saturated heterocycles. The first-order chi connectivity index (χ1) is 14.0. The highest BCUT2D eigenvalue weighted by Crippen LogP contribution is 2.53. The SMILES string of the molecule is COc1c(Cl)cc2c(c1Cl)Sc1cc(N3CC4CCC(C3)N4C(C)C)ccc1N2. The zero-order valence-electron chi connectivity index (χ0n) is 16.8. The number of ether oxygens (including phenoxy) is 1. The largest absolute Gasteiger partial charge is 0.494 e. The zero-order chi connectivity index (χ0) is 20.3. The minimum Gasteiger partial charge on any atom is -0.494 e. The van der Waals surface area contributed by atoms with Crippen LogP contribution in [0.3, 0.4) is 0 Å². The van der Waals surface area contributed by atoms with E-state index in [1.165, 1.54) is 23.4 Å². The van der Waals surface area contributed by atoms with E-state index in [0.717, 1.165) is 29.4 Å². The summed E-state index contributed by atoms with van der Waals surface area (Å²) in [6, 6.07) is 10.5. The molecular weight excluding hydrogens is 425 g/mol. The molecule has 0 saturated carbocycles. The summed E-state index contributed by atoms with van der Waals surface area (Å²) in [5, 5.41) is 4.56. The Morgan fingerprint density at radius 3 is 2.48 bits per heavy atom. The predicted octanol–water partition coefficient (Wildman–Crippen LogP) is 6.27. The number of piperazine rings is 1. The summed E-state index contributed by atoms with van der Waals surface area (Å²) < 4.78 is 5.39. The van der Waals surface area contributed by atoms with Crippen LogP contribution in [0.15, 0.2) is 34.1 Å². The molecule has 3 aliphatic heterocycles. The van der Waals surface area contributed by atoms with Crippen molar-refractivity contribution in [2.45, 2.75) is 54.6 Å². The number of rotatable bonds is 3. The Hall–Kier alpha value is -1.27. The van der Waals surface area contributed by atoms with Gasteiger partial charge in [0.05, 0.1) is 28.4 Å². The summed E-state index contributed by atoms with van der Waals surface area (Å²) in [6.45, 7) is 6.85. The van der Waals surface area contributed by atoms with Crippen LogP contribution in [0.4, 0.5) is 17.1 Å². The summed E-state index contributed by atoms with van der Waals surface area (Å²) in [4.78, 5) is 7.42. The van der Waals surface area contributed by atoms with Gasteiger partial charge in [0.25, 0.3) is 0 Å². The second-order valence-corrected chi connectivity index (χ2v) is 10.2. The molecule has 2 fully saturated rings. The number of hydrogen-bond donors (Lipinski definition) is 1. The molecule has 2 atom stereocenters. The van der Waals surface area contributed by atoms with Crippen molar-refractivity contribution in [1.82, 2.24) is 4.90 Å². The van der Waals surface area contributed by atoms with E-state index in [0.29, 0.717) is 33.9 Å². The van der Waals surface area contributed by atoms with Gasteiger partial charge in [-0.3, -0.25) is 4.90 Å². The Labute approximate surface area is 186 Å². The second-order valence-electron chi connectivity index (χ2n) is 8.32. The minimum atomic E-state index is 0.517. The van der Waals surface area contributed by atoms with Crippen molar-refractivity contribution in [2.24, 2.45) is 0 Å². The van der Waals surface area contributed by atoms with Gasteiger partial charge in [0.1, 0.15) is 5.02 Å². The molecule has 4 nitrogen and oxygen atoms in total. The van der Waals surface area contributed by atoms with Crippen LogP contribution in [0.2, 0.25) is 10.0 Å². The van der Waals surface area contributed by atoms with Crippen molar-refractivity contribution >= 4 is 52.0 Å². The van der Waals surface area contributed by atoms with Gasteiger partial charge in [-0.25, -0.2) is 0 Å². The van der Waals surface area contributed by atoms with Gasteiger partial charge in [-0.2, -0.15) is 0 Å². The molecule has 2 bridgehead atoms. The van der Waals surface area contributed by atoms with Gasteiger partial charge >= 0.3 is 0 Å². The monoisotopic (exact) mass is 449 g/mol. The quantitative estimate of drug-likeness (QED) is 0.508. The van der Waals surface area contributed by atoms with E-state index in [1.807, 2.05) is 6.07 Å². The number of fused-ring (bicyclic) bond motifs is 4. The molecule has 2 aromatic rings. The molecule has 154 valence electrons. The first kappa shape index (κ1) is 19.7. The molecule has 29 heavy (non-hydrogen) atoms. The molecule has 3 heterocycles. The summed E-state index contributed by atoms with van der Waals surface area (Å²) in [6.07, 6.45) is 2.62. The third kappa shape index (κ3) is 3.27. The molecule has 0 spiro atoms. The Morgan fingerprint density at radius 2 is 1.83 bits per heavy atom. The number of hydrogen-bond acceptors (Lipinski definition) is 5. The van der Waals surface area contributed by atoms with Crippen molar-refractivity contribution in [3.63, 3.8) is 0 Å². The number of anilines is 3. The van der Waals surface area contributed by atoms with Gasteiger partial charge < -0.3 is 15.0 Å². The Morgan fingerprint density at radius 1 is 1.10 bits per heavy atom. The van der Waals surface area contributed by atoms with E-state index < -0.39 is 0 Å². The standard InChI is InChI=1S/C22H25Cl2N3OS/c1-12(2)27-14-4-5-15(27)11-26(10-14)13-6-7-17-19(8-13)29-22-18(25-17)9-16(23)21(28-3)20(22)24/h6-9,12,14-15,25H,4-5,10-11H2,1-3H3. The van der Waals surface area contributed by atoms with Crippen molar-refractivity contribution in [1.29, 1.82) is 0 Å². The topological polar surface area (TPSA) is 27.7 Å². The van der Waals surface area contributed by atoms with Crippen molar-refractivity contribution < 1.29 is 4.74 Å². The van der Waals surface area contributed by atoms with Crippen LogP contribution >= 0.6 is 35.0 Å². The summed E-state index contributed by atoms with van der Waals surface area (Å²) in [5.41, 5.74) is 3.31. The highest BCUT2D eigenvalue weighted by atomic mass is 35.5. The van der Waals surface area contributed by atoms with Gasteiger partial charge in [-0.05, 0) is 51.0 Å². The molecule has 3 aliphatic rings. The summed E-state index contributed by atoms with van der Waals surface area (Å²) in [5.74, 6) is 0.530. The Bertz CT molecular complexity index is 954. The van der Waals surface area contributed by atoms with Gasteiger partial charge in [-0.1, -0.05) is 35.0 Å². The van der Waals surface area contributed by atoms with Crippen LogP contribution in [-0.4, -0.2) is 43.2 Å². The molecule has 0 radical (unpaired) electrons. The Kier molecular flexibility index (Phi) is 5.06. The summed E-state index contributed by atoms with van der Waals surface area (Å²) >= 11 is 14.6. The number of halogens is 2. The number of benzene rings is 2. The third-order valence-electron chi connectivity index (χ3n) is 6.28. The molecule has 2 aromatic carbocycles. The van der Waals surface area contributed by atoms with E-state index in [2.05, 4.69) is 47.2 Å². The molecular formula is C22H25Cl2N3OS. The van der Waals surface area contributed by atoms with Crippen LogP contribution in [0, 0.1) is 0 Å². The fraction of sp³-hybridized carbons (Fsp3) is 0.455. The van der Waals surface area contributed by atoms with Gasteiger partial charge in [0.2, 0.25) is 0 Å². The van der Waals surface area contributed by atoms with Gasteiger partial charge in [0, 0.05) is 41.8 Å². The highest BCUT2D eigenvalue weighted by molar-refractivity contribution is 7.99. The van der Waals surface area contributed by atoms with Crippen LogP contribution in [0.1, 0.15) is 26.7 Å². The molecule has 7 heteroatoms. The average molecular weight is 450 g/mol. The molecule has 0 aliphatic carbocycles. The zero-order valence-corrected chi connectivity index (χ0v) is 19.2. The number of methoxy groups -OCH3 is 1. The minimum absolute atomic E-state index is 0.517. The van der Waals surface area contributed by atoms with Gasteiger partial charge in [-0.15, -0.1) is 0 Å². The molecule has 1 N–H and O–H groups in total. The van der Waals surface area contributed by atoms with Crippen LogP contribution in [0.5, 0.6) is 5.75 Å². The van der Waals surface area contributed by atoms with Crippen LogP contribution in [-0.2, 0) is 0 Å². The first-order valence-corrected chi connectivity index (χ1v) is 11.7. The lowest BCUT2D eigenvalue weighted by atomic mass is 10.1. The molecule has 5 rings (SSSR count). The van der Waals surface area contributed by atoms with Crippen LogP contribution < -0.4 is 15.0 Å². The maximum absolute atomic E-state index is 6.59. The van der Waals surface area contributed by atoms with Gasteiger partial charge in [0.15, 0.2) is 5.75 Å². The van der Waals surface area contributed by atoms with E-state index in [-0.39, 0.29) is 0 Å². The molecule has 0 aromatic heterocycles. The van der Waals surface area contributed by atoms with Crippen molar-refractivity contribution in [3.8, 4) is 5.75 Å². The summed E-state index contributed by atoms with van der Waals surface area (Å²) in [7, 11) is 1.59. The highest BCUT2D eigenvalue weighted by Gasteiger charge is 2.41.